The maximum Gasteiger partial charge on any atom is 0.310 e. The number of carboxylic acids is 1. The number of amides is 1. The fourth-order valence-corrected chi connectivity index (χ4v) is 2.71. The first-order chi connectivity index (χ1) is 8.99. The summed E-state index contributed by atoms with van der Waals surface area (Å²) >= 11 is 0. The van der Waals surface area contributed by atoms with Crippen molar-refractivity contribution in [3.05, 3.63) is 0 Å². The highest BCUT2D eigenvalue weighted by Gasteiger charge is 2.39. The van der Waals surface area contributed by atoms with E-state index in [1.54, 1.807) is 12.0 Å². The largest absolute Gasteiger partial charge is 0.481 e. The summed E-state index contributed by atoms with van der Waals surface area (Å²) in [6, 6.07) is 0. The summed E-state index contributed by atoms with van der Waals surface area (Å²) in [5.41, 5.74) is -0.906. The molecule has 5 heteroatoms. The van der Waals surface area contributed by atoms with Crippen LogP contribution in [-0.2, 0) is 14.3 Å². The summed E-state index contributed by atoms with van der Waals surface area (Å²) in [6.45, 7) is 5.74. The SMILES string of the molecule is CCC(CC)(CC(=O)N1CCC(COC)C1)C(=O)O. The van der Waals surface area contributed by atoms with Gasteiger partial charge in [0.15, 0.2) is 0 Å². The van der Waals surface area contributed by atoms with Gasteiger partial charge in [-0.2, -0.15) is 0 Å². The van der Waals surface area contributed by atoms with E-state index < -0.39 is 11.4 Å². The maximum atomic E-state index is 12.3. The number of carbonyl (C=O) groups excluding carboxylic acids is 1. The standard InChI is InChI=1S/C14H25NO4/c1-4-14(5-2,13(17)18)8-12(16)15-7-6-11(9-15)10-19-3/h11H,4-10H2,1-3H3,(H,17,18). The van der Waals surface area contributed by atoms with Gasteiger partial charge in [-0.3, -0.25) is 9.59 Å². The van der Waals surface area contributed by atoms with Crippen LogP contribution in [0.4, 0.5) is 0 Å². The molecule has 1 heterocycles. The van der Waals surface area contributed by atoms with Crippen LogP contribution in [0.1, 0.15) is 39.5 Å². The number of hydrogen-bond donors (Lipinski definition) is 1. The summed E-state index contributed by atoms with van der Waals surface area (Å²) in [6.07, 6.45) is 2.02. The zero-order valence-electron chi connectivity index (χ0n) is 12.1. The molecule has 110 valence electrons. The Balaban J connectivity index is 2.61. The second-order valence-electron chi connectivity index (χ2n) is 5.42. The highest BCUT2D eigenvalue weighted by atomic mass is 16.5. The molecule has 1 aliphatic heterocycles. The molecular formula is C14H25NO4. The molecule has 0 radical (unpaired) electrons. The van der Waals surface area contributed by atoms with Crippen LogP contribution in [0.5, 0.6) is 0 Å². The van der Waals surface area contributed by atoms with Gasteiger partial charge in [0, 0.05) is 32.5 Å². The van der Waals surface area contributed by atoms with E-state index in [4.69, 9.17) is 4.74 Å². The zero-order chi connectivity index (χ0) is 14.5. The van der Waals surface area contributed by atoms with Crippen LogP contribution in [0.3, 0.4) is 0 Å². The molecule has 0 bridgehead atoms. The van der Waals surface area contributed by atoms with Gasteiger partial charge in [-0.25, -0.2) is 0 Å². The number of aliphatic carboxylic acids is 1. The van der Waals surface area contributed by atoms with Crippen molar-refractivity contribution in [2.75, 3.05) is 26.8 Å². The lowest BCUT2D eigenvalue weighted by Crippen LogP contribution is -2.38. The Kier molecular flexibility index (Phi) is 5.79. The molecule has 5 nitrogen and oxygen atoms in total. The van der Waals surface area contributed by atoms with E-state index in [2.05, 4.69) is 0 Å². The van der Waals surface area contributed by atoms with Crippen molar-refractivity contribution in [2.45, 2.75) is 39.5 Å². The third kappa shape index (κ3) is 3.69. The molecule has 1 N–H and O–H groups in total. The molecule has 0 saturated carbocycles. The lowest BCUT2D eigenvalue weighted by Gasteiger charge is -2.28. The normalized spacial score (nSPS) is 19.7. The van der Waals surface area contributed by atoms with E-state index in [9.17, 15) is 14.7 Å². The topological polar surface area (TPSA) is 66.8 Å². The maximum absolute atomic E-state index is 12.3. The Bertz CT molecular complexity index is 325. The minimum atomic E-state index is -0.906. The predicted octanol–water partition coefficient (Wildman–Crippen LogP) is 1.76. The van der Waals surface area contributed by atoms with E-state index in [1.807, 2.05) is 13.8 Å². The fraction of sp³-hybridized carbons (Fsp3) is 0.857. The summed E-state index contributed by atoms with van der Waals surface area (Å²) in [5, 5.41) is 9.36. The summed E-state index contributed by atoms with van der Waals surface area (Å²) in [5.74, 6) is -0.514. The first kappa shape index (κ1) is 16.0. The minimum Gasteiger partial charge on any atom is -0.481 e. The molecular weight excluding hydrogens is 246 g/mol. The van der Waals surface area contributed by atoms with Gasteiger partial charge in [0.1, 0.15) is 0 Å². The Hall–Kier alpha value is -1.10. The van der Waals surface area contributed by atoms with Crippen molar-refractivity contribution in [1.82, 2.24) is 4.90 Å². The average molecular weight is 271 g/mol. The van der Waals surface area contributed by atoms with Gasteiger partial charge in [-0.05, 0) is 19.3 Å². The van der Waals surface area contributed by atoms with Gasteiger partial charge in [0.25, 0.3) is 0 Å². The third-order valence-corrected chi connectivity index (χ3v) is 4.34. The van der Waals surface area contributed by atoms with E-state index in [0.717, 1.165) is 13.0 Å². The van der Waals surface area contributed by atoms with Gasteiger partial charge in [0.2, 0.25) is 5.91 Å². The third-order valence-electron chi connectivity index (χ3n) is 4.34. The van der Waals surface area contributed by atoms with Crippen molar-refractivity contribution in [3.63, 3.8) is 0 Å². The molecule has 1 rings (SSSR count). The van der Waals surface area contributed by atoms with Gasteiger partial charge in [0.05, 0.1) is 12.0 Å². The number of rotatable bonds is 7. The average Bonchev–Trinajstić information content (AvgIpc) is 2.84. The smallest absolute Gasteiger partial charge is 0.310 e. The highest BCUT2D eigenvalue weighted by Crippen LogP contribution is 2.32. The molecule has 1 aliphatic rings. The van der Waals surface area contributed by atoms with Crippen LogP contribution in [0.25, 0.3) is 0 Å². The van der Waals surface area contributed by atoms with Crippen LogP contribution in [0.15, 0.2) is 0 Å². The summed E-state index contributed by atoms with van der Waals surface area (Å²) in [7, 11) is 1.66. The van der Waals surface area contributed by atoms with Crippen molar-refractivity contribution in [2.24, 2.45) is 11.3 Å². The Morgan fingerprint density at radius 2 is 2.00 bits per heavy atom. The fourth-order valence-electron chi connectivity index (χ4n) is 2.71. The van der Waals surface area contributed by atoms with Gasteiger partial charge < -0.3 is 14.7 Å². The number of ether oxygens (including phenoxy) is 1. The van der Waals surface area contributed by atoms with Gasteiger partial charge >= 0.3 is 5.97 Å². The number of likely N-dealkylation sites (tertiary alicyclic amines) is 1. The number of hydrogen-bond acceptors (Lipinski definition) is 3. The Labute approximate surface area is 114 Å². The molecule has 1 unspecified atom stereocenters. The molecule has 1 saturated heterocycles. The molecule has 1 fully saturated rings. The van der Waals surface area contributed by atoms with Crippen LogP contribution in [-0.4, -0.2) is 48.7 Å². The predicted molar refractivity (Wildman–Crippen MR) is 71.8 cm³/mol. The second-order valence-corrected chi connectivity index (χ2v) is 5.42. The highest BCUT2D eigenvalue weighted by molar-refractivity contribution is 5.85. The Morgan fingerprint density at radius 1 is 1.37 bits per heavy atom. The van der Waals surface area contributed by atoms with Crippen LogP contribution in [0, 0.1) is 11.3 Å². The molecule has 19 heavy (non-hydrogen) atoms. The molecule has 0 aliphatic carbocycles. The van der Waals surface area contributed by atoms with Crippen molar-refractivity contribution in [1.29, 1.82) is 0 Å². The van der Waals surface area contributed by atoms with E-state index in [-0.39, 0.29) is 12.3 Å². The van der Waals surface area contributed by atoms with Crippen LogP contribution < -0.4 is 0 Å². The van der Waals surface area contributed by atoms with E-state index >= 15 is 0 Å². The van der Waals surface area contributed by atoms with Crippen molar-refractivity contribution in [3.8, 4) is 0 Å². The molecule has 0 aromatic heterocycles. The Morgan fingerprint density at radius 3 is 2.47 bits per heavy atom. The van der Waals surface area contributed by atoms with E-state index in [0.29, 0.717) is 31.9 Å². The number of methoxy groups -OCH3 is 1. The molecule has 0 aromatic carbocycles. The summed E-state index contributed by atoms with van der Waals surface area (Å²) < 4.78 is 5.10. The number of nitrogens with zero attached hydrogens (tertiary/aromatic N) is 1. The lowest BCUT2D eigenvalue weighted by molar-refractivity contribution is -0.154. The van der Waals surface area contributed by atoms with Gasteiger partial charge in [-0.15, -0.1) is 0 Å². The molecule has 0 spiro atoms. The molecule has 0 aromatic rings. The van der Waals surface area contributed by atoms with E-state index in [1.165, 1.54) is 0 Å². The van der Waals surface area contributed by atoms with Crippen molar-refractivity contribution >= 4 is 11.9 Å². The first-order valence-electron chi connectivity index (χ1n) is 6.99. The molecule has 1 atom stereocenters. The monoisotopic (exact) mass is 271 g/mol. The van der Waals surface area contributed by atoms with Crippen molar-refractivity contribution < 1.29 is 19.4 Å². The quantitative estimate of drug-likeness (QED) is 0.766. The number of carboxylic acid groups (broad SMARTS) is 1. The van der Waals surface area contributed by atoms with Gasteiger partial charge in [-0.1, -0.05) is 13.8 Å². The summed E-state index contributed by atoms with van der Waals surface area (Å²) in [4.78, 5) is 25.4. The molecule has 1 amide bonds. The minimum absolute atomic E-state index is 0.0373. The van der Waals surface area contributed by atoms with Crippen LogP contribution >= 0.6 is 0 Å². The number of carbonyl (C=O) groups is 2. The lowest BCUT2D eigenvalue weighted by atomic mass is 9.79. The second kappa shape index (κ2) is 6.89. The first-order valence-corrected chi connectivity index (χ1v) is 6.99. The zero-order valence-corrected chi connectivity index (χ0v) is 12.1. The van der Waals surface area contributed by atoms with Crippen LogP contribution in [0.2, 0.25) is 0 Å².